The smallest absolute Gasteiger partial charge is 0.302 e. The predicted octanol–water partition coefficient (Wildman–Crippen LogP) is 0.412. The quantitative estimate of drug-likeness (QED) is 0.741. The third-order valence-corrected chi connectivity index (χ3v) is 4.52. The van der Waals surface area contributed by atoms with E-state index in [2.05, 4.69) is 0 Å². The number of nitrogens with one attached hydrogen (secondary N) is 1. The highest BCUT2D eigenvalue weighted by atomic mass is 16.5. The van der Waals surface area contributed by atoms with E-state index in [0.717, 1.165) is 26.1 Å². The maximum absolute atomic E-state index is 11.2. The van der Waals surface area contributed by atoms with Crippen molar-refractivity contribution in [3.63, 3.8) is 0 Å². The molecule has 0 aromatic carbocycles. The Morgan fingerprint density at radius 2 is 2.06 bits per heavy atom. The lowest BCUT2D eigenvalue weighted by molar-refractivity contribution is -0.937. The van der Waals surface area contributed by atoms with E-state index in [-0.39, 0.29) is 12.1 Å². The van der Waals surface area contributed by atoms with Gasteiger partial charge in [-0.15, -0.1) is 0 Å². The monoisotopic (exact) mass is 256 g/mol. The number of hydrogen-bond donors (Lipinski definition) is 1. The molecule has 0 radical (unpaired) electrons. The molecule has 0 amide bonds. The van der Waals surface area contributed by atoms with Gasteiger partial charge in [0.15, 0.2) is 0 Å². The minimum atomic E-state index is -0.121. The van der Waals surface area contributed by atoms with Crippen LogP contribution in [0, 0.1) is 5.92 Å². The highest BCUT2D eigenvalue weighted by Crippen LogP contribution is 2.30. The summed E-state index contributed by atoms with van der Waals surface area (Å²) < 4.78 is 10.7. The normalized spacial score (nSPS) is 35.9. The van der Waals surface area contributed by atoms with Crippen LogP contribution in [0.5, 0.6) is 0 Å². The number of piperidine rings is 1. The number of likely N-dealkylation sites (tertiary alicyclic amines) is 1. The summed E-state index contributed by atoms with van der Waals surface area (Å²) in [6.07, 6.45) is 6.29. The van der Waals surface area contributed by atoms with Gasteiger partial charge < -0.3 is 14.4 Å². The van der Waals surface area contributed by atoms with Gasteiger partial charge in [0.25, 0.3) is 0 Å². The van der Waals surface area contributed by atoms with Gasteiger partial charge in [-0.3, -0.25) is 4.79 Å². The van der Waals surface area contributed by atoms with Crippen LogP contribution in [0.2, 0.25) is 0 Å². The predicted molar refractivity (Wildman–Crippen MR) is 68.5 cm³/mol. The minimum Gasteiger partial charge on any atom is -0.462 e. The van der Waals surface area contributed by atoms with Crippen molar-refractivity contribution in [3.05, 3.63) is 0 Å². The number of fused-ring (bicyclic) bond motifs is 1. The molecule has 1 aliphatic carbocycles. The molecule has 2 aliphatic rings. The van der Waals surface area contributed by atoms with Gasteiger partial charge in [-0.05, 0) is 19.3 Å². The Morgan fingerprint density at radius 1 is 1.28 bits per heavy atom. The van der Waals surface area contributed by atoms with Gasteiger partial charge >= 0.3 is 5.97 Å². The van der Waals surface area contributed by atoms with Gasteiger partial charge in [0.2, 0.25) is 0 Å². The lowest BCUT2D eigenvalue weighted by Crippen LogP contribution is -3.18. The summed E-state index contributed by atoms with van der Waals surface area (Å²) in [7, 11) is 1.77. The first kappa shape index (κ1) is 13.8. The van der Waals surface area contributed by atoms with Crippen molar-refractivity contribution in [2.75, 3.05) is 26.8 Å². The zero-order valence-electron chi connectivity index (χ0n) is 11.6. The first-order valence-corrected chi connectivity index (χ1v) is 7.23. The number of ether oxygens (including phenoxy) is 2. The lowest BCUT2D eigenvalue weighted by atomic mass is 9.76. The molecule has 1 N–H and O–H groups in total. The van der Waals surface area contributed by atoms with Crippen molar-refractivity contribution in [1.82, 2.24) is 0 Å². The van der Waals surface area contributed by atoms with Gasteiger partial charge in [-0.1, -0.05) is 6.42 Å². The van der Waals surface area contributed by atoms with Crippen LogP contribution in [0.1, 0.15) is 39.0 Å². The molecule has 18 heavy (non-hydrogen) atoms. The van der Waals surface area contributed by atoms with E-state index in [4.69, 9.17) is 9.47 Å². The van der Waals surface area contributed by atoms with Gasteiger partial charge in [0.1, 0.15) is 12.6 Å². The summed E-state index contributed by atoms with van der Waals surface area (Å²) in [5.74, 6) is 0.452. The highest BCUT2D eigenvalue weighted by Gasteiger charge is 2.43. The van der Waals surface area contributed by atoms with Gasteiger partial charge in [0.05, 0.1) is 19.2 Å². The number of methoxy groups -OCH3 is 1. The molecule has 104 valence electrons. The molecule has 1 unspecified atom stereocenters. The van der Waals surface area contributed by atoms with E-state index < -0.39 is 0 Å². The molecule has 1 saturated heterocycles. The molecule has 4 nitrogen and oxygen atoms in total. The Hall–Kier alpha value is -0.610. The molecule has 1 aliphatic heterocycles. The summed E-state index contributed by atoms with van der Waals surface area (Å²) in [5, 5.41) is 0. The number of carbonyl (C=O) groups excluding carboxylic acids is 1. The number of hydrogen-bond acceptors (Lipinski definition) is 3. The van der Waals surface area contributed by atoms with Crippen molar-refractivity contribution in [1.29, 1.82) is 0 Å². The van der Waals surface area contributed by atoms with Crippen molar-refractivity contribution in [2.45, 2.75) is 51.2 Å². The van der Waals surface area contributed by atoms with E-state index in [1.54, 1.807) is 12.0 Å². The molecule has 2 rings (SSSR count). The molecular formula is C14H26NO3+. The largest absolute Gasteiger partial charge is 0.462 e. The Balaban J connectivity index is 1.98. The summed E-state index contributed by atoms with van der Waals surface area (Å²) in [6, 6.07) is 0.673. The Labute approximate surface area is 110 Å². The molecule has 1 heterocycles. The van der Waals surface area contributed by atoms with E-state index in [1.165, 1.54) is 32.6 Å². The van der Waals surface area contributed by atoms with Crippen molar-refractivity contribution in [2.24, 2.45) is 5.92 Å². The van der Waals surface area contributed by atoms with Gasteiger partial charge in [-0.2, -0.15) is 0 Å². The second kappa shape index (κ2) is 6.53. The Morgan fingerprint density at radius 3 is 2.78 bits per heavy atom. The topological polar surface area (TPSA) is 40.0 Å². The maximum Gasteiger partial charge on any atom is 0.302 e. The summed E-state index contributed by atoms with van der Waals surface area (Å²) in [6.45, 7) is 4.56. The zero-order chi connectivity index (χ0) is 13.0. The molecule has 1 saturated carbocycles. The molecule has 2 fully saturated rings. The summed E-state index contributed by atoms with van der Waals surface area (Å²) in [5.41, 5.74) is 0. The highest BCUT2D eigenvalue weighted by molar-refractivity contribution is 5.66. The zero-order valence-corrected chi connectivity index (χ0v) is 11.6. The number of rotatable bonds is 4. The number of carbonyl (C=O) groups is 1. The van der Waals surface area contributed by atoms with E-state index in [0.29, 0.717) is 12.0 Å². The molecule has 0 spiro atoms. The first-order chi connectivity index (χ1) is 8.72. The lowest BCUT2D eigenvalue weighted by Gasteiger charge is -2.44. The van der Waals surface area contributed by atoms with Crippen LogP contribution in [-0.2, 0) is 14.3 Å². The number of esters is 1. The maximum atomic E-state index is 11.2. The van der Waals surface area contributed by atoms with Crippen molar-refractivity contribution < 1.29 is 19.2 Å². The Bertz CT molecular complexity index is 282. The van der Waals surface area contributed by atoms with Crippen LogP contribution in [0.4, 0.5) is 0 Å². The van der Waals surface area contributed by atoms with Crippen LogP contribution < -0.4 is 4.90 Å². The van der Waals surface area contributed by atoms with Crippen LogP contribution >= 0.6 is 0 Å². The molecule has 4 atom stereocenters. The SMILES string of the molecule is COCC[NH+]1CC[C@@H](OC(C)=O)[C@H]2CCCC[C@@H]21. The number of quaternary nitrogens is 1. The van der Waals surface area contributed by atoms with E-state index in [1.807, 2.05) is 0 Å². The van der Waals surface area contributed by atoms with Crippen LogP contribution in [-0.4, -0.2) is 44.9 Å². The van der Waals surface area contributed by atoms with Gasteiger partial charge in [0, 0.05) is 26.4 Å². The molecule has 0 bridgehead atoms. The van der Waals surface area contributed by atoms with Crippen LogP contribution in [0.15, 0.2) is 0 Å². The third-order valence-electron chi connectivity index (χ3n) is 4.52. The average molecular weight is 256 g/mol. The molecular weight excluding hydrogens is 230 g/mol. The van der Waals surface area contributed by atoms with E-state index >= 15 is 0 Å². The van der Waals surface area contributed by atoms with E-state index in [9.17, 15) is 4.79 Å². The van der Waals surface area contributed by atoms with Crippen LogP contribution in [0.25, 0.3) is 0 Å². The fourth-order valence-corrected chi connectivity index (χ4v) is 3.74. The second-order valence-corrected chi connectivity index (χ2v) is 5.64. The van der Waals surface area contributed by atoms with Crippen molar-refractivity contribution in [3.8, 4) is 0 Å². The molecule has 0 aromatic rings. The van der Waals surface area contributed by atoms with Crippen LogP contribution in [0.3, 0.4) is 0 Å². The average Bonchev–Trinajstić information content (AvgIpc) is 2.37. The summed E-state index contributed by atoms with van der Waals surface area (Å²) in [4.78, 5) is 12.8. The fraction of sp³-hybridized carbons (Fsp3) is 0.929. The molecule has 4 heteroatoms. The molecule has 0 aromatic heterocycles. The second-order valence-electron chi connectivity index (χ2n) is 5.64. The standard InChI is InChI=1S/C14H25NO3/c1-11(16)18-14-7-8-15(9-10-17-2)13-6-4-3-5-12(13)14/h12-14H,3-10H2,1-2H3/p+1/t12-,13-,14+/m0/s1. The third kappa shape index (κ3) is 3.23. The van der Waals surface area contributed by atoms with Gasteiger partial charge in [-0.25, -0.2) is 0 Å². The van der Waals surface area contributed by atoms with Crippen molar-refractivity contribution >= 4 is 5.97 Å². The first-order valence-electron chi connectivity index (χ1n) is 7.23. The fourth-order valence-electron chi connectivity index (χ4n) is 3.74. The minimum absolute atomic E-state index is 0.121. The Kier molecular flexibility index (Phi) is 5.01. The summed E-state index contributed by atoms with van der Waals surface area (Å²) >= 11 is 0.